The van der Waals surface area contributed by atoms with Gasteiger partial charge in [0.25, 0.3) is 0 Å². The van der Waals surface area contributed by atoms with E-state index in [-0.39, 0.29) is 22.8 Å². The Morgan fingerprint density at radius 3 is 2.24 bits per heavy atom. The molecule has 8 nitrogen and oxygen atoms in total. The molecule has 0 aliphatic rings. The summed E-state index contributed by atoms with van der Waals surface area (Å²) in [6, 6.07) is 19.6. The van der Waals surface area contributed by atoms with Gasteiger partial charge in [0.1, 0.15) is 11.3 Å². The summed E-state index contributed by atoms with van der Waals surface area (Å²) < 4.78 is 31.7. The van der Waals surface area contributed by atoms with Crippen molar-refractivity contribution in [3.8, 4) is 5.75 Å². The van der Waals surface area contributed by atoms with Crippen molar-refractivity contribution in [1.29, 1.82) is 0 Å². The van der Waals surface area contributed by atoms with Crippen LogP contribution in [0.2, 0.25) is 0 Å². The number of rotatable bonds is 8. The molecule has 3 rings (SSSR count). The van der Waals surface area contributed by atoms with E-state index in [4.69, 9.17) is 4.74 Å². The van der Waals surface area contributed by atoms with Crippen LogP contribution in [0.15, 0.2) is 77.7 Å². The van der Waals surface area contributed by atoms with Crippen molar-refractivity contribution >= 4 is 27.6 Å². The van der Waals surface area contributed by atoms with Gasteiger partial charge in [0.05, 0.1) is 25.1 Å². The standard InChI is InChI=1S/C25H26N2O6S/c1-18-9-12-21(13-10-18)34(31,32)26(2)17-24(29)27(16-19-7-5-4-6-8-19)20-11-14-23(28)22(15-20)25(30)33-3/h4-15,28H,16-17H2,1-3H3. The average molecular weight is 483 g/mol. The minimum atomic E-state index is -3.90. The molecule has 9 heteroatoms. The van der Waals surface area contributed by atoms with Gasteiger partial charge in [0.2, 0.25) is 15.9 Å². The number of aryl methyl sites for hydroxylation is 1. The largest absolute Gasteiger partial charge is 0.507 e. The Balaban J connectivity index is 1.94. The molecule has 0 spiro atoms. The fourth-order valence-electron chi connectivity index (χ4n) is 3.31. The molecule has 0 fully saturated rings. The lowest BCUT2D eigenvalue weighted by Gasteiger charge is -2.26. The van der Waals surface area contributed by atoms with E-state index in [0.717, 1.165) is 15.4 Å². The number of amides is 1. The Morgan fingerprint density at radius 1 is 0.971 bits per heavy atom. The van der Waals surface area contributed by atoms with Crippen LogP contribution in [0.25, 0.3) is 0 Å². The van der Waals surface area contributed by atoms with Crippen LogP contribution in [0, 0.1) is 6.92 Å². The molecule has 3 aromatic carbocycles. The molecule has 1 N–H and O–H groups in total. The first-order valence-electron chi connectivity index (χ1n) is 10.4. The van der Waals surface area contributed by atoms with Crippen molar-refractivity contribution in [2.24, 2.45) is 0 Å². The van der Waals surface area contributed by atoms with E-state index in [2.05, 4.69) is 0 Å². The van der Waals surface area contributed by atoms with Crippen molar-refractivity contribution in [3.63, 3.8) is 0 Å². The first-order chi connectivity index (χ1) is 16.1. The van der Waals surface area contributed by atoms with Crippen LogP contribution in [-0.2, 0) is 26.1 Å². The number of anilines is 1. The minimum Gasteiger partial charge on any atom is -0.507 e. The first-order valence-corrected chi connectivity index (χ1v) is 11.9. The molecule has 178 valence electrons. The van der Waals surface area contributed by atoms with Gasteiger partial charge in [-0.25, -0.2) is 13.2 Å². The zero-order valence-corrected chi connectivity index (χ0v) is 20.0. The van der Waals surface area contributed by atoms with Gasteiger partial charge in [-0.15, -0.1) is 0 Å². The predicted molar refractivity (Wildman–Crippen MR) is 128 cm³/mol. The molecule has 0 saturated carbocycles. The highest BCUT2D eigenvalue weighted by Gasteiger charge is 2.27. The summed E-state index contributed by atoms with van der Waals surface area (Å²) in [7, 11) is -1.38. The zero-order valence-electron chi connectivity index (χ0n) is 19.1. The summed E-state index contributed by atoms with van der Waals surface area (Å²) in [4.78, 5) is 26.9. The second-order valence-electron chi connectivity index (χ2n) is 7.73. The molecule has 0 aromatic heterocycles. The molecule has 0 heterocycles. The second-order valence-corrected chi connectivity index (χ2v) is 9.78. The van der Waals surface area contributed by atoms with E-state index >= 15 is 0 Å². The van der Waals surface area contributed by atoms with Gasteiger partial charge in [-0.2, -0.15) is 4.31 Å². The lowest BCUT2D eigenvalue weighted by molar-refractivity contribution is -0.118. The predicted octanol–water partition coefficient (Wildman–Crippen LogP) is 3.34. The number of esters is 1. The number of sulfonamides is 1. The van der Waals surface area contributed by atoms with Crippen LogP contribution in [0.1, 0.15) is 21.5 Å². The molecular formula is C25H26N2O6S. The number of likely N-dealkylation sites (N-methyl/N-ethyl adjacent to an activating group) is 1. The monoisotopic (exact) mass is 482 g/mol. The fraction of sp³-hybridized carbons (Fsp3) is 0.200. The SMILES string of the molecule is COC(=O)c1cc(N(Cc2ccccc2)C(=O)CN(C)S(=O)(=O)c2ccc(C)cc2)ccc1O. The van der Waals surface area contributed by atoms with Crippen molar-refractivity contribution < 1.29 is 27.9 Å². The molecule has 3 aromatic rings. The van der Waals surface area contributed by atoms with E-state index < -0.39 is 28.4 Å². The fourth-order valence-corrected chi connectivity index (χ4v) is 4.43. The van der Waals surface area contributed by atoms with E-state index in [9.17, 15) is 23.1 Å². The number of hydrogen-bond donors (Lipinski definition) is 1. The highest BCUT2D eigenvalue weighted by atomic mass is 32.2. The van der Waals surface area contributed by atoms with Gasteiger partial charge in [-0.3, -0.25) is 4.79 Å². The Kier molecular flexibility index (Phi) is 7.70. The number of phenolic OH excluding ortho intramolecular Hbond substituents is 1. The van der Waals surface area contributed by atoms with E-state index in [0.29, 0.717) is 5.69 Å². The third kappa shape index (κ3) is 5.62. The maximum Gasteiger partial charge on any atom is 0.341 e. The minimum absolute atomic E-state index is 0.0839. The summed E-state index contributed by atoms with van der Waals surface area (Å²) in [5.74, 6) is -1.56. The van der Waals surface area contributed by atoms with Gasteiger partial charge in [-0.1, -0.05) is 48.0 Å². The number of phenols is 1. The van der Waals surface area contributed by atoms with E-state index in [1.54, 1.807) is 12.1 Å². The maximum atomic E-state index is 13.4. The molecule has 0 unspecified atom stereocenters. The molecule has 34 heavy (non-hydrogen) atoms. The molecule has 0 aliphatic carbocycles. The van der Waals surface area contributed by atoms with Crippen molar-refractivity contribution in [2.75, 3.05) is 25.6 Å². The number of carbonyl (C=O) groups excluding carboxylic acids is 2. The first kappa shape index (κ1) is 24.9. The molecule has 1 amide bonds. The topological polar surface area (TPSA) is 104 Å². The number of aromatic hydroxyl groups is 1. The smallest absolute Gasteiger partial charge is 0.341 e. The summed E-state index contributed by atoms with van der Waals surface area (Å²) in [5, 5.41) is 10.1. The Bertz CT molecular complexity index is 1270. The normalized spacial score (nSPS) is 11.3. The van der Waals surface area contributed by atoms with Crippen LogP contribution in [0.5, 0.6) is 5.75 Å². The third-order valence-corrected chi connectivity index (χ3v) is 7.09. The molecule has 0 bridgehead atoms. The number of ether oxygens (including phenoxy) is 1. The van der Waals surface area contributed by atoms with Crippen LogP contribution >= 0.6 is 0 Å². The number of benzene rings is 3. The molecule has 0 radical (unpaired) electrons. The van der Waals surface area contributed by atoms with Gasteiger partial charge in [0.15, 0.2) is 0 Å². The molecule has 0 saturated heterocycles. The van der Waals surface area contributed by atoms with Crippen molar-refractivity contribution in [3.05, 3.63) is 89.5 Å². The number of methoxy groups -OCH3 is 1. The summed E-state index contributed by atoms with van der Waals surface area (Å²) in [6.07, 6.45) is 0. The van der Waals surface area contributed by atoms with E-state index in [1.165, 1.54) is 49.4 Å². The quantitative estimate of drug-likeness (QED) is 0.494. The van der Waals surface area contributed by atoms with Crippen molar-refractivity contribution in [2.45, 2.75) is 18.4 Å². The zero-order chi connectivity index (χ0) is 24.9. The second kappa shape index (κ2) is 10.5. The highest BCUT2D eigenvalue weighted by Crippen LogP contribution is 2.27. The van der Waals surface area contributed by atoms with Crippen LogP contribution in [-0.4, -0.2) is 50.4 Å². The summed E-state index contributed by atoms with van der Waals surface area (Å²) >= 11 is 0. The van der Waals surface area contributed by atoms with E-state index in [1.807, 2.05) is 37.3 Å². The van der Waals surface area contributed by atoms with Gasteiger partial charge in [0, 0.05) is 12.7 Å². The number of hydrogen-bond acceptors (Lipinski definition) is 6. The maximum absolute atomic E-state index is 13.4. The summed E-state index contributed by atoms with van der Waals surface area (Å²) in [5.41, 5.74) is 1.92. The molecular weight excluding hydrogens is 456 g/mol. The van der Waals surface area contributed by atoms with Gasteiger partial charge >= 0.3 is 5.97 Å². The number of nitrogens with zero attached hydrogens (tertiary/aromatic N) is 2. The Labute approximate surface area is 199 Å². The van der Waals surface area contributed by atoms with Gasteiger partial charge < -0.3 is 14.7 Å². The summed E-state index contributed by atoms with van der Waals surface area (Å²) in [6.45, 7) is 1.55. The average Bonchev–Trinajstić information content (AvgIpc) is 2.83. The number of carbonyl (C=O) groups is 2. The lowest BCUT2D eigenvalue weighted by atomic mass is 10.1. The lowest BCUT2D eigenvalue weighted by Crippen LogP contribution is -2.41. The Hall–Kier alpha value is -3.69. The molecule has 0 aliphatic heterocycles. The third-order valence-electron chi connectivity index (χ3n) is 5.27. The van der Waals surface area contributed by atoms with Crippen LogP contribution < -0.4 is 4.90 Å². The van der Waals surface area contributed by atoms with Gasteiger partial charge in [-0.05, 0) is 42.8 Å². The molecule has 0 atom stereocenters. The Morgan fingerprint density at radius 2 is 1.62 bits per heavy atom. The van der Waals surface area contributed by atoms with Crippen LogP contribution in [0.3, 0.4) is 0 Å². The van der Waals surface area contributed by atoms with Crippen LogP contribution in [0.4, 0.5) is 5.69 Å². The van der Waals surface area contributed by atoms with Crippen molar-refractivity contribution in [1.82, 2.24) is 4.31 Å². The highest BCUT2D eigenvalue weighted by molar-refractivity contribution is 7.89.